The average Bonchev–Trinajstić information content (AvgIpc) is 3.35. The third-order valence-electron chi connectivity index (χ3n) is 5.78. The Morgan fingerprint density at radius 1 is 1.06 bits per heavy atom. The van der Waals surface area contributed by atoms with Crippen LogP contribution in [0.5, 0.6) is 17.2 Å². The van der Waals surface area contributed by atoms with Crippen LogP contribution >= 0.6 is 0 Å². The van der Waals surface area contributed by atoms with Gasteiger partial charge in [-0.25, -0.2) is 13.8 Å². The van der Waals surface area contributed by atoms with Gasteiger partial charge in [-0.05, 0) is 55.0 Å². The van der Waals surface area contributed by atoms with Crippen molar-refractivity contribution in [2.45, 2.75) is 26.2 Å². The summed E-state index contributed by atoms with van der Waals surface area (Å²) in [6, 6.07) is 11.0. The molecule has 8 heteroatoms. The first-order chi connectivity index (χ1) is 16.9. The first kappa shape index (κ1) is 24.3. The summed E-state index contributed by atoms with van der Waals surface area (Å²) in [4.78, 5) is 30.2. The number of aryl methyl sites for hydroxylation is 1. The van der Waals surface area contributed by atoms with E-state index in [-0.39, 0.29) is 42.5 Å². The molecule has 0 aliphatic carbocycles. The van der Waals surface area contributed by atoms with Crippen molar-refractivity contribution in [1.82, 2.24) is 4.98 Å². The largest absolute Gasteiger partial charge is 0.493 e. The summed E-state index contributed by atoms with van der Waals surface area (Å²) in [5.41, 5.74) is 3.09. The fraction of sp³-hybridized carbons (Fsp3) is 0.296. The fourth-order valence-corrected chi connectivity index (χ4v) is 3.93. The number of carbonyl (C=O) groups is 2. The van der Waals surface area contributed by atoms with Crippen LogP contribution in [0.2, 0.25) is 0 Å². The minimum absolute atomic E-state index is 0.0209. The number of aromatic nitrogens is 1. The monoisotopic (exact) mass is 481 g/mol. The Labute approximate surface area is 201 Å². The highest BCUT2D eigenvalue weighted by Crippen LogP contribution is 2.37. The van der Waals surface area contributed by atoms with Gasteiger partial charge in [0.05, 0.1) is 13.7 Å². The van der Waals surface area contributed by atoms with E-state index in [4.69, 9.17) is 14.2 Å². The molecule has 0 N–H and O–H groups in total. The van der Waals surface area contributed by atoms with Crippen molar-refractivity contribution in [1.29, 1.82) is 0 Å². The SMILES string of the molecule is COc1cc(C(=O)CCC(=O)c2cc3c(c(-c4ccc(F)c(C)c4)n2)OCC3)ccc1OCCF. The molecule has 35 heavy (non-hydrogen) atoms. The first-order valence-corrected chi connectivity index (χ1v) is 11.3. The maximum Gasteiger partial charge on any atom is 0.181 e. The molecule has 0 fully saturated rings. The molecule has 3 aromatic rings. The van der Waals surface area contributed by atoms with Gasteiger partial charge in [0.15, 0.2) is 23.1 Å². The Bertz CT molecular complexity index is 1270. The van der Waals surface area contributed by atoms with E-state index in [1.165, 1.54) is 19.2 Å². The van der Waals surface area contributed by atoms with E-state index in [2.05, 4.69) is 4.98 Å². The van der Waals surface area contributed by atoms with Gasteiger partial charge in [-0.1, -0.05) is 0 Å². The number of ether oxygens (including phenoxy) is 3. The standard InChI is InChI=1S/C27H25F2NO5/c1-16-13-18(3-5-20(16)29)26-27-19(9-11-35-27)14-21(30-26)23(32)7-6-22(31)17-4-8-24(34-12-10-28)25(15-17)33-2/h3-5,8,13-15H,6-7,9-12H2,1-2H3. The van der Waals surface area contributed by atoms with Crippen molar-refractivity contribution in [2.24, 2.45) is 0 Å². The summed E-state index contributed by atoms with van der Waals surface area (Å²) in [7, 11) is 1.43. The molecule has 0 radical (unpaired) electrons. The highest BCUT2D eigenvalue weighted by Gasteiger charge is 2.23. The maximum atomic E-state index is 13.8. The van der Waals surface area contributed by atoms with Crippen LogP contribution in [0.1, 0.15) is 44.8 Å². The maximum absolute atomic E-state index is 13.8. The highest BCUT2D eigenvalue weighted by molar-refractivity contribution is 6.02. The van der Waals surface area contributed by atoms with Crippen LogP contribution in [0.25, 0.3) is 11.3 Å². The molecule has 0 saturated heterocycles. The summed E-state index contributed by atoms with van der Waals surface area (Å²) in [6.45, 7) is 1.39. The molecule has 6 nitrogen and oxygen atoms in total. The number of rotatable bonds is 10. The number of carbonyl (C=O) groups excluding carboxylic acids is 2. The number of halogens is 2. The second kappa shape index (κ2) is 10.6. The molecule has 0 unspecified atom stereocenters. The summed E-state index contributed by atoms with van der Waals surface area (Å²) < 4.78 is 42.4. The number of hydrogen-bond acceptors (Lipinski definition) is 6. The number of hydrogen-bond donors (Lipinski definition) is 0. The Morgan fingerprint density at radius 3 is 2.60 bits per heavy atom. The fourth-order valence-electron chi connectivity index (χ4n) is 3.93. The molecule has 0 spiro atoms. The molecule has 1 aliphatic heterocycles. The Balaban J connectivity index is 1.51. The molecule has 182 valence electrons. The normalized spacial score (nSPS) is 12.1. The highest BCUT2D eigenvalue weighted by atomic mass is 19.1. The van der Waals surface area contributed by atoms with Gasteiger partial charge in [-0.3, -0.25) is 9.59 Å². The Hall–Kier alpha value is -3.81. The van der Waals surface area contributed by atoms with Crippen LogP contribution in [0.15, 0.2) is 42.5 Å². The summed E-state index contributed by atoms with van der Waals surface area (Å²) >= 11 is 0. The zero-order valence-electron chi connectivity index (χ0n) is 19.5. The van der Waals surface area contributed by atoms with E-state index in [0.717, 1.165) is 5.56 Å². The molecule has 0 atom stereocenters. The van der Waals surface area contributed by atoms with E-state index >= 15 is 0 Å². The summed E-state index contributed by atoms with van der Waals surface area (Å²) in [5.74, 6) is 0.415. The number of benzene rings is 2. The lowest BCUT2D eigenvalue weighted by molar-refractivity contribution is 0.0915. The van der Waals surface area contributed by atoms with Gasteiger partial charge in [0.25, 0.3) is 0 Å². The number of Topliss-reactive ketones (excluding diaryl/α,β-unsaturated/α-hetero) is 2. The first-order valence-electron chi connectivity index (χ1n) is 11.3. The predicted octanol–water partition coefficient (Wildman–Crippen LogP) is 5.33. The predicted molar refractivity (Wildman–Crippen MR) is 126 cm³/mol. The summed E-state index contributed by atoms with van der Waals surface area (Å²) in [6.07, 6.45) is 0.587. The number of alkyl halides is 1. The van der Waals surface area contributed by atoms with E-state index < -0.39 is 6.67 Å². The van der Waals surface area contributed by atoms with Gasteiger partial charge in [0.1, 0.15) is 36.2 Å². The van der Waals surface area contributed by atoms with Crippen molar-refractivity contribution >= 4 is 11.6 Å². The van der Waals surface area contributed by atoms with Crippen LogP contribution in [0, 0.1) is 12.7 Å². The number of methoxy groups -OCH3 is 1. The zero-order valence-corrected chi connectivity index (χ0v) is 19.5. The van der Waals surface area contributed by atoms with E-state index in [0.29, 0.717) is 52.7 Å². The average molecular weight is 481 g/mol. The topological polar surface area (TPSA) is 74.7 Å². The van der Waals surface area contributed by atoms with Gasteiger partial charge in [-0.2, -0.15) is 0 Å². The van der Waals surface area contributed by atoms with Crippen molar-refractivity contribution < 1.29 is 32.6 Å². The van der Waals surface area contributed by atoms with E-state index in [1.807, 2.05) is 0 Å². The third kappa shape index (κ3) is 5.31. The smallest absolute Gasteiger partial charge is 0.181 e. The second-order valence-corrected chi connectivity index (χ2v) is 8.16. The van der Waals surface area contributed by atoms with Gasteiger partial charge >= 0.3 is 0 Å². The molecule has 4 rings (SSSR count). The van der Waals surface area contributed by atoms with Gasteiger partial charge in [-0.15, -0.1) is 0 Å². The second-order valence-electron chi connectivity index (χ2n) is 8.16. The molecule has 2 heterocycles. The molecule has 2 aromatic carbocycles. The molecular formula is C27H25F2NO5. The molecular weight excluding hydrogens is 456 g/mol. The molecule has 0 saturated carbocycles. The zero-order chi connectivity index (χ0) is 24.9. The lowest BCUT2D eigenvalue weighted by Crippen LogP contribution is -2.09. The van der Waals surface area contributed by atoms with E-state index in [1.54, 1.807) is 37.3 Å². The van der Waals surface area contributed by atoms with Gasteiger partial charge in [0.2, 0.25) is 0 Å². The van der Waals surface area contributed by atoms with Crippen LogP contribution in [0.3, 0.4) is 0 Å². The van der Waals surface area contributed by atoms with Crippen molar-refractivity contribution in [2.75, 3.05) is 27.0 Å². The summed E-state index contributed by atoms with van der Waals surface area (Å²) in [5, 5.41) is 0. The van der Waals surface area contributed by atoms with Crippen LogP contribution in [-0.4, -0.2) is 43.5 Å². The van der Waals surface area contributed by atoms with Crippen molar-refractivity contribution in [3.8, 4) is 28.5 Å². The van der Waals surface area contributed by atoms with Crippen LogP contribution < -0.4 is 14.2 Å². The Kier molecular flexibility index (Phi) is 7.39. The minimum atomic E-state index is -0.642. The number of fused-ring (bicyclic) bond motifs is 1. The third-order valence-corrected chi connectivity index (χ3v) is 5.78. The lowest BCUT2D eigenvalue weighted by Gasteiger charge is -2.12. The molecule has 1 aromatic heterocycles. The van der Waals surface area contributed by atoms with Crippen LogP contribution in [0.4, 0.5) is 8.78 Å². The van der Waals surface area contributed by atoms with Crippen molar-refractivity contribution in [3.05, 3.63) is 70.7 Å². The van der Waals surface area contributed by atoms with E-state index in [9.17, 15) is 18.4 Å². The lowest BCUT2D eigenvalue weighted by atomic mass is 10.0. The molecule has 1 aliphatic rings. The molecule has 0 amide bonds. The van der Waals surface area contributed by atoms with Crippen LogP contribution in [-0.2, 0) is 6.42 Å². The van der Waals surface area contributed by atoms with Gasteiger partial charge in [0, 0.05) is 36.0 Å². The van der Waals surface area contributed by atoms with Crippen molar-refractivity contribution in [3.63, 3.8) is 0 Å². The molecule has 0 bridgehead atoms. The Morgan fingerprint density at radius 2 is 1.86 bits per heavy atom. The minimum Gasteiger partial charge on any atom is -0.493 e. The number of ketones is 2. The quantitative estimate of drug-likeness (QED) is 0.364. The number of pyridine rings is 1. The number of nitrogens with zero attached hydrogens (tertiary/aromatic N) is 1. The van der Waals surface area contributed by atoms with Gasteiger partial charge < -0.3 is 14.2 Å².